The van der Waals surface area contributed by atoms with Crippen molar-refractivity contribution in [2.45, 2.75) is 18.4 Å². The number of rotatable bonds is 8. The van der Waals surface area contributed by atoms with Crippen LogP contribution in [0.4, 0.5) is 10.1 Å². The lowest BCUT2D eigenvalue weighted by Gasteiger charge is -2.23. The first-order chi connectivity index (χ1) is 15.7. The van der Waals surface area contributed by atoms with Gasteiger partial charge in [-0.1, -0.05) is 24.3 Å². The molecule has 3 aromatic carbocycles. The fourth-order valence-electron chi connectivity index (χ4n) is 3.18. The van der Waals surface area contributed by atoms with Gasteiger partial charge in [0.2, 0.25) is 0 Å². The van der Waals surface area contributed by atoms with Gasteiger partial charge >= 0.3 is 0 Å². The molecule has 0 atom stereocenters. The number of benzene rings is 3. The SMILES string of the molecule is C=CCN(Cc1ccc(C#N)cc1)C(=O)c1cc(S(=O)(=O)Nc2ccc(F)cc2)ccc1C. The predicted octanol–water partition coefficient (Wildman–Crippen LogP) is 4.64. The van der Waals surface area contributed by atoms with Crippen LogP contribution in [0.2, 0.25) is 0 Å². The van der Waals surface area contributed by atoms with Crippen molar-refractivity contribution in [2.75, 3.05) is 11.3 Å². The number of halogens is 1. The molecule has 6 nitrogen and oxygen atoms in total. The third-order valence-electron chi connectivity index (χ3n) is 4.94. The standard InChI is InChI=1S/C25H22FN3O3S/c1-3-14-29(17-20-7-5-19(16-27)6-8-20)25(30)24-15-23(13-4-18(24)2)33(31,32)28-22-11-9-21(26)10-12-22/h3-13,15,28H,1,14,17H2,2H3. The molecule has 0 fully saturated rings. The molecule has 1 N–H and O–H groups in total. The summed E-state index contributed by atoms with van der Waals surface area (Å²) >= 11 is 0. The Morgan fingerprint density at radius 2 is 1.79 bits per heavy atom. The van der Waals surface area contributed by atoms with Crippen LogP contribution in [0, 0.1) is 24.1 Å². The molecule has 0 aliphatic heterocycles. The molecule has 168 valence electrons. The topological polar surface area (TPSA) is 90.3 Å². The molecule has 0 heterocycles. The van der Waals surface area contributed by atoms with Gasteiger partial charge in [0.1, 0.15) is 5.82 Å². The van der Waals surface area contributed by atoms with Gasteiger partial charge in [0.15, 0.2) is 0 Å². The van der Waals surface area contributed by atoms with Crippen LogP contribution in [0.25, 0.3) is 0 Å². The van der Waals surface area contributed by atoms with E-state index >= 15 is 0 Å². The second-order valence-electron chi connectivity index (χ2n) is 7.37. The molecule has 8 heteroatoms. The largest absolute Gasteiger partial charge is 0.331 e. The highest BCUT2D eigenvalue weighted by molar-refractivity contribution is 7.92. The highest BCUT2D eigenvalue weighted by Gasteiger charge is 2.22. The first-order valence-corrected chi connectivity index (χ1v) is 11.5. The lowest BCUT2D eigenvalue weighted by molar-refractivity contribution is 0.0761. The lowest BCUT2D eigenvalue weighted by Crippen LogP contribution is -2.31. The van der Waals surface area contributed by atoms with Gasteiger partial charge in [-0.05, 0) is 66.6 Å². The van der Waals surface area contributed by atoms with E-state index in [4.69, 9.17) is 5.26 Å². The van der Waals surface area contributed by atoms with Crippen LogP contribution in [-0.4, -0.2) is 25.8 Å². The minimum Gasteiger partial charge on any atom is -0.331 e. The molecule has 1 amide bonds. The van der Waals surface area contributed by atoms with Crippen LogP contribution in [0.3, 0.4) is 0 Å². The van der Waals surface area contributed by atoms with E-state index in [2.05, 4.69) is 17.4 Å². The van der Waals surface area contributed by atoms with Crippen molar-refractivity contribution in [3.8, 4) is 6.07 Å². The van der Waals surface area contributed by atoms with Gasteiger partial charge in [0, 0.05) is 24.3 Å². The number of sulfonamides is 1. The van der Waals surface area contributed by atoms with E-state index in [1.807, 2.05) is 0 Å². The molecule has 3 rings (SSSR count). The minimum atomic E-state index is -4.00. The van der Waals surface area contributed by atoms with Gasteiger partial charge in [0.05, 0.1) is 16.5 Å². The molecule has 0 bridgehead atoms. The van der Waals surface area contributed by atoms with Crippen molar-refractivity contribution in [1.82, 2.24) is 4.90 Å². The molecule has 0 spiro atoms. The molecule has 0 saturated carbocycles. The van der Waals surface area contributed by atoms with Gasteiger partial charge in [-0.3, -0.25) is 9.52 Å². The van der Waals surface area contributed by atoms with Gasteiger partial charge < -0.3 is 4.90 Å². The Bertz CT molecular complexity index is 1310. The molecular formula is C25H22FN3O3S. The summed E-state index contributed by atoms with van der Waals surface area (Å²) in [5.74, 6) is -0.832. The van der Waals surface area contributed by atoms with E-state index in [1.54, 1.807) is 48.2 Å². The fraction of sp³-hybridized carbons (Fsp3) is 0.120. The van der Waals surface area contributed by atoms with Crippen LogP contribution in [0.5, 0.6) is 0 Å². The summed E-state index contributed by atoms with van der Waals surface area (Å²) in [5, 5.41) is 8.96. The quantitative estimate of drug-likeness (QED) is 0.493. The number of amides is 1. The Morgan fingerprint density at radius 1 is 1.12 bits per heavy atom. The number of nitriles is 1. The van der Waals surface area contributed by atoms with Gasteiger partial charge in [-0.15, -0.1) is 6.58 Å². The number of aryl methyl sites for hydroxylation is 1. The molecule has 33 heavy (non-hydrogen) atoms. The van der Waals surface area contributed by atoms with Crippen molar-refractivity contribution in [1.29, 1.82) is 5.26 Å². The molecule has 0 aliphatic carbocycles. The van der Waals surface area contributed by atoms with Crippen LogP contribution >= 0.6 is 0 Å². The van der Waals surface area contributed by atoms with Crippen LogP contribution in [0.1, 0.15) is 27.0 Å². The van der Waals surface area contributed by atoms with Crippen molar-refractivity contribution < 1.29 is 17.6 Å². The summed E-state index contributed by atoms with van der Waals surface area (Å²) in [4.78, 5) is 14.8. The zero-order valence-corrected chi connectivity index (χ0v) is 18.8. The van der Waals surface area contributed by atoms with Gasteiger partial charge in [-0.2, -0.15) is 5.26 Å². The van der Waals surface area contributed by atoms with Crippen LogP contribution in [0.15, 0.2) is 84.3 Å². The first-order valence-electron chi connectivity index (χ1n) is 10.0. The zero-order chi connectivity index (χ0) is 24.0. The third-order valence-corrected chi connectivity index (χ3v) is 6.32. The fourth-order valence-corrected chi connectivity index (χ4v) is 4.27. The Hall–Kier alpha value is -3.96. The summed E-state index contributed by atoms with van der Waals surface area (Å²) in [5.41, 5.74) is 2.41. The third kappa shape index (κ3) is 5.84. The number of nitrogens with zero attached hydrogens (tertiary/aromatic N) is 2. The maximum absolute atomic E-state index is 13.3. The lowest BCUT2D eigenvalue weighted by atomic mass is 10.1. The van der Waals surface area contributed by atoms with E-state index in [9.17, 15) is 17.6 Å². The average molecular weight is 464 g/mol. The van der Waals surface area contributed by atoms with Gasteiger partial charge in [-0.25, -0.2) is 12.8 Å². The number of nitrogens with one attached hydrogen (secondary N) is 1. The maximum Gasteiger partial charge on any atom is 0.261 e. The smallest absolute Gasteiger partial charge is 0.261 e. The van der Waals surface area contributed by atoms with E-state index in [1.165, 1.54) is 24.3 Å². The van der Waals surface area contributed by atoms with Crippen molar-refractivity contribution in [3.63, 3.8) is 0 Å². The Kier molecular flexibility index (Phi) is 7.26. The predicted molar refractivity (Wildman–Crippen MR) is 124 cm³/mol. The highest BCUT2D eigenvalue weighted by atomic mass is 32.2. The van der Waals surface area contributed by atoms with Crippen molar-refractivity contribution in [3.05, 3.63) is 107 Å². The molecule has 0 aliphatic rings. The maximum atomic E-state index is 13.3. The van der Waals surface area contributed by atoms with E-state index < -0.39 is 15.8 Å². The summed E-state index contributed by atoms with van der Waals surface area (Å²) in [6.07, 6.45) is 1.59. The minimum absolute atomic E-state index is 0.0855. The normalized spacial score (nSPS) is 10.8. The summed E-state index contributed by atoms with van der Waals surface area (Å²) in [7, 11) is -4.00. The summed E-state index contributed by atoms with van der Waals surface area (Å²) in [6.45, 7) is 5.95. The molecule has 3 aromatic rings. The zero-order valence-electron chi connectivity index (χ0n) is 18.0. The average Bonchev–Trinajstić information content (AvgIpc) is 2.80. The molecule has 0 unspecified atom stereocenters. The van der Waals surface area contributed by atoms with E-state index in [0.717, 1.165) is 17.7 Å². The Balaban J connectivity index is 1.89. The molecule has 0 aromatic heterocycles. The number of hydrogen-bond donors (Lipinski definition) is 1. The monoisotopic (exact) mass is 463 g/mol. The van der Waals surface area contributed by atoms with E-state index in [0.29, 0.717) is 11.1 Å². The Morgan fingerprint density at radius 3 is 2.39 bits per heavy atom. The number of hydrogen-bond acceptors (Lipinski definition) is 4. The van der Waals surface area contributed by atoms with Gasteiger partial charge in [0.25, 0.3) is 15.9 Å². The van der Waals surface area contributed by atoms with Crippen molar-refractivity contribution >= 4 is 21.6 Å². The van der Waals surface area contributed by atoms with Crippen molar-refractivity contribution in [2.24, 2.45) is 0 Å². The number of carbonyl (C=O) groups is 1. The summed E-state index contributed by atoms with van der Waals surface area (Å²) in [6, 6.07) is 18.2. The second-order valence-corrected chi connectivity index (χ2v) is 9.05. The first kappa shape index (κ1) is 23.7. The molecule has 0 radical (unpaired) electrons. The van der Waals surface area contributed by atoms with Crippen LogP contribution in [-0.2, 0) is 16.6 Å². The second kappa shape index (κ2) is 10.1. The number of anilines is 1. The Labute approximate surface area is 192 Å². The molecular weight excluding hydrogens is 441 g/mol. The highest BCUT2D eigenvalue weighted by Crippen LogP contribution is 2.21. The number of carbonyl (C=O) groups excluding carboxylic acids is 1. The van der Waals surface area contributed by atoms with E-state index in [-0.39, 0.29) is 35.1 Å². The summed E-state index contributed by atoms with van der Waals surface area (Å²) < 4.78 is 41.2. The van der Waals surface area contributed by atoms with Crippen LogP contribution < -0.4 is 4.72 Å². The molecule has 0 saturated heterocycles.